The highest BCUT2D eigenvalue weighted by atomic mass is 32.2. The van der Waals surface area contributed by atoms with Crippen LogP contribution in [0.15, 0.2) is 39.3 Å². The fourth-order valence-corrected chi connectivity index (χ4v) is 12.7. The van der Waals surface area contributed by atoms with Crippen molar-refractivity contribution in [3.8, 4) is 0 Å². The highest BCUT2D eigenvalue weighted by Gasteiger charge is 2.41. The van der Waals surface area contributed by atoms with E-state index in [-0.39, 0.29) is 10.1 Å². The molecule has 2 heterocycles. The largest absolute Gasteiger partial charge is 0.372 e. The van der Waals surface area contributed by atoms with Crippen molar-refractivity contribution in [1.82, 2.24) is 24.3 Å². The van der Waals surface area contributed by atoms with E-state index in [1.165, 1.54) is 58.4 Å². The Hall–Kier alpha value is -4.71. The van der Waals surface area contributed by atoms with Crippen LogP contribution in [0.3, 0.4) is 0 Å². The van der Waals surface area contributed by atoms with Crippen molar-refractivity contribution in [1.29, 1.82) is 0 Å². The van der Waals surface area contributed by atoms with Crippen LogP contribution in [0.25, 0.3) is 0 Å². The van der Waals surface area contributed by atoms with Crippen LogP contribution in [-0.4, -0.2) is 62.7 Å². The summed E-state index contributed by atoms with van der Waals surface area (Å²) >= 11 is 0. The van der Waals surface area contributed by atoms with Crippen LogP contribution >= 0.6 is 0 Å². The molecule has 10 rings (SSSR count). The van der Waals surface area contributed by atoms with Crippen LogP contribution in [0, 0.1) is 0 Å². The number of urea groups is 1. The Kier molecular flexibility index (Phi) is 13.1. The molecule has 4 aromatic rings. The summed E-state index contributed by atoms with van der Waals surface area (Å²) in [6.45, 7) is 0. The Bertz CT molecular complexity index is 2660. The molecule has 0 aliphatic heterocycles. The van der Waals surface area contributed by atoms with Crippen LogP contribution in [-0.2, 0) is 111 Å². The van der Waals surface area contributed by atoms with Crippen LogP contribution in [0.4, 0.5) is 16.2 Å². The SMILES string of the molecule is COC1(c2cc(S(=O)(=O)NC(=O)Nc3c4c(cc5c3CCC5)CCC4)nn2C)CCCC1.COC1(c2cc(S(N)(=O)=O)nn2C)CCCC1.O=C=Nc1c2c(cc3c1CCC3)CCC2. The lowest BCUT2D eigenvalue weighted by Gasteiger charge is -2.27. The van der Waals surface area contributed by atoms with Crippen molar-refractivity contribution in [3.05, 3.63) is 80.2 Å². The number of nitrogens with one attached hydrogen (secondary N) is 2. The summed E-state index contributed by atoms with van der Waals surface area (Å²) in [5, 5.41) is 15.8. The first-order valence-corrected chi connectivity index (χ1v) is 25.6. The van der Waals surface area contributed by atoms with Gasteiger partial charge in [0.15, 0.2) is 10.1 Å². The van der Waals surface area contributed by atoms with Gasteiger partial charge in [0.25, 0.3) is 20.0 Å². The maximum Gasteiger partial charge on any atom is 0.333 e. The quantitative estimate of drug-likeness (QED) is 0.123. The summed E-state index contributed by atoms with van der Waals surface area (Å²) in [5.74, 6) is 0. The molecule has 6 aliphatic carbocycles. The lowest BCUT2D eigenvalue weighted by atomic mass is 9.97. The molecule has 0 bridgehead atoms. The van der Waals surface area contributed by atoms with Gasteiger partial charge >= 0.3 is 6.03 Å². The second-order valence-electron chi connectivity index (χ2n) is 18.0. The molecule has 0 spiro atoms. The number of anilines is 1. The smallest absolute Gasteiger partial charge is 0.333 e. The number of methoxy groups -OCH3 is 2. The summed E-state index contributed by atoms with van der Waals surface area (Å²) in [6.07, 6.45) is 22.2. The topological polar surface area (TPSA) is 219 Å². The standard InChI is InChI=1S/C23H30N4O4S.C13H13NO.C10H17N3O3S/c1-27-19(23(31-2)11-3-4-12-23)14-20(25-27)32(29,30)26-22(28)24-21-17-9-5-7-15(17)13-16-8-6-10-18(16)21;15-8-14-13-11-5-1-3-9(11)7-10-4-2-6-12(10)13;1-13-8(7-9(12-13)17(11,14)15)10(16-2)5-3-4-6-10/h13-14H,3-12H2,1-2H3,(H2,24,26,28);7H,1-6H2;7H,3-6H2,1-2H3,(H2,11,14,15). The monoisotopic (exact) mass is 916 g/mol. The Morgan fingerprint density at radius 3 is 1.47 bits per heavy atom. The maximum absolute atomic E-state index is 13.0. The number of hydrogen-bond acceptors (Lipinski definition) is 11. The van der Waals surface area contributed by atoms with E-state index in [9.17, 15) is 26.4 Å². The van der Waals surface area contributed by atoms with Gasteiger partial charge in [0.05, 0.1) is 17.1 Å². The number of sulfonamides is 2. The van der Waals surface area contributed by atoms with Crippen LogP contribution in [0.1, 0.15) is 133 Å². The number of aliphatic imine (C=N–C) groups is 1. The van der Waals surface area contributed by atoms with Crippen molar-refractivity contribution >= 4 is 43.5 Å². The van der Waals surface area contributed by atoms with E-state index in [0.29, 0.717) is 0 Å². The second kappa shape index (κ2) is 18.3. The number of carbonyl (C=O) groups is 1. The van der Waals surface area contributed by atoms with E-state index in [2.05, 4.69) is 37.4 Å². The van der Waals surface area contributed by atoms with Crippen molar-refractivity contribution < 1.29 is 35.9 Å². The van der Waals surface area contributed by atoms with Crippen molar-refractivity contribution in [2.45, 2.75) is 150 Å². The predicted molar refractivity (Wildman–Crippen MR) is 240 cm³/mol. The van der Waals surface area contributed by atoms with Gasteiger partial charge in [-0.05, 0) is 147 Å². The number of carbonyl (C=O) groups excluding carboxylic acids is 2. The average Bonchev–Trinajstić information content (AvgIpc) is 4.11. The highest BCUT2D eigenvalue weighted by Crippen LogP contribution is 2.44. The van der Waals surface area contributed by atoms with E-state index in [4.69, 9.17) is 14.6 Å². The molecule has 0 unspecified atom stereocenters. The maximum atomic E-state index is 13.0. The number of hydrogen-bond donors (Lipinski definition) is 3. The molecule has 0 radical (unpaired) electrons. The first kappa shape index (κ1) is 45.8. The number of aromatic nitrogens is 4. The van der Waals surface area contributed by atoms with Crippen LogP contribution < -0.4 is 15.2 Å². The average molecular weight is 917 g/mol. The summed E-state index contributed by atoms with van der Waals surface area (Å²) in [4.78, 5) is 27.2. The molecule has 2 saturated carbocycles. The Morgan fingerprint density at radius 2 is 1.06 bits per heavy atom. The number of amides is 2. The number of ether oxygens (including phenoxy) is 2. The molecule has 2 aromatic carbocycles. The minimum Gasteiger partial charge on any atom is -0.372 e. The number of isocyanates is 1. The summed E-state index contributed by atoms with van der Waals surface area (Å²) < 4.78 is 65.2. The van der Waals surface area contributed by atoms with Crippen molar-refractivity contribution in [2.24, 2.45) is 24.2 Å². The van der Waals surface area contributed by atoms with Gasteiger partial charge in [-0.25, -0.2) is 27.9 Å². The lowest BCUT2D eigenvalue weighted by Crippen LogP contribution is -2.35. The molecular formula is C46H60N8O8S2. The number of rotatable bonds is 9. The van der Waals surface area contributed by atoms with Crippen LogP contribution in [0.2, 0.25) is 0 Å². The third-order valence-corrected chi connectivity index (χ3v) is 16.3. The van der Waals surface area contributed by atoms with E-state index in [1.807, 2.05) is 0 Å². The molecule has 0 saturated heterocycles. The third-order valence-electron chi connectivity index (χ3n) is 14.4. The first-order valence-electron chi connectivity index (χ1n) is 22.6. The molecule has 0 atom stereocenters. The van der Waals surface area contributed by atoms with E-state index in [0.717, 1.165) is 149 Å². The summed E-state index contributed by atoms with van der Waals surface area (Å²) in [5.41, 5.74) is 12.7. The Balaban J connectivity index is 0.000000146. The highest BCUT2D eigenvalue weighted by molar-refractivity contribution is 7.90. The molecule has 16 nitrogen and oxygen atoms in total. The van der Waals surface area contributed by atoms with Gasteiger partial charge in [-0.15, -0.1) is 0 Å². The molecule has 18 heteroatoms. The third kappa shape index (κ3) is 8.84. The van der Waals surface area contributed by atoms with Gasteiger partial charge in [0.2, 0.25) is 6.08 Å². The Labute approximate surface area is 375 Å². The number of primary sulfonamides is 1. The Morgan fingerprint density at radius 1 is 0.656 bits per heavy atom. The zero-order chi connectivity index (χ0) is 45.4. The second-order valence-corrected chi connectivity index (χ2v) is 21.2. The molecule has 2 amide bonds. The van der Waals surface area contributed by atoms with Gasteiger partial charge in [-0.3, -0.25) is 9.36 Å². The molecule has 2 fully saturated rings. The molecule has 6 aliphatic rings. The van der Waals surface area contributed by atoms with E-state index in [1.54, 1.807) is 43.8 Å². The molecule has 344 valence electrons. The summed E-state index contributed by atoms with van der Waals surface area (Å²) in [7, 11) is -1.16. The van der Waals surface area contributed by atoms with Crippen molar-refractivity contribution in [3.63, 3.8) is 0 Å². The fourth-order valence-electron chi connectivity index (χ4n) is 11.3. The first-order chi connectivity index (χ1) is 30.6. The lowest BCUT2D eigenvalue weighted by molar-refractivity contribution is -0.0155. The number of nitrogens with zero attached hydrogens (tertiary/aromatic N) is 5. The zero-order valence-corrected chi connectivity index (χ0v) is 39.0. The zero-order valence-electron chi connectivity index (χ0n) is 37.3. The van der Waals surface area contributed by atoms with Gasteiger partial charge in [0, 0.05) is 46.1 Å². The fraction of sp³-hybridized carbons (Fsp3) is 0.565. The molecule has 64 heavy (non-hydrogen) atoms. The number of benzene rings is 2. The van der Waals surface area contributed by atoms with Gasteiger partial charge in [-0.1, -0.05) is 37.8 Å². The van der Waals surface area contributed by atoms with Gasteiger partial charge < -0.3 is 14.8 Å². The number of aryl methyl sites for hydroxylation is 6. The van der Waals surface area contributed by atoms with E-state index >= 15 is 0 Å². The summed E-state index contributed by atoms with van der Waals surface area (Å²) in [6, 6.07) is 6.92. The molecule has 4 N–H and O–H groups in total. The predicted octanol–water partition coefficient (Wildman–Crippen LogP) is 6.44. The minimum atomic E-state index is -4.12. The van der Waals surface area contributed by atoms with Gasteiger partial charge in [-0.2, -0.15) is 23.6 Å². The molecular weight excluding hydrogens is 857 g/mol. The normalized spacial score (nSPS) is 18.8. The van der Waals surface area contributed by atoms with Gasteiger partial charge in [0.1, 0.15) is 11.2 Å². The number of nitrogens with two attached hydrogens (primary N) is 1. The molecule has 2 aromatic heterocycles. The minimum absolute atomic E-state index is 0.0988. The van der Waals surface area contributed by atoms with Crippen molar-refractivity contribution in [2.75, 3.05) is 19.5 Å². The van der Waals surface area contributed by atoms with E-state index < -0.39 is 37.3 Å². The number of fused-ring (bicyclic) bond motifs is 4. The van der Waals surface area contributed by atoms with Crippen LogP contribution in [0.5, 0.6) is 0 Å².